The van der Waals surface area contributed by atoms with Crippen LogP contribution >= 0.6 is 0 Å². The van der Waals surface area contributed by atoms with E-state index < -0.39 is 0 Å². The minimum absolute atomic E-state index is 0.101. The number of aromatic nitrogens is 1. The predicted molar refractivity (Wildman–Crippen MR) is 71.2 cm³/mol. The molecule has 0 amide bonds. The van der Waals surface area contributed by atoms with Crippen LogP contribution < -0.4 is 16.1 Å². The van der Waals surface area contributed by atoms with Gasteiger partial charge in [0.2, 0.25) is 0 Å². The molecule has 0 radical (unpaired) electrons. The Labute approximate surface area is 103 Å². The molecule has 3 N–H and O–H groups in total. The molecule has 1 aromatic rings. The summed E-state index contributed by atoms with van der Waals surface area (Å²) in [5.74, 6) is 0.676. The maximum absolute atomic E-state index is 11.6. The molecule has 4 heteroatoms. The van der Waals surface area contributed by atoms with E-state index in [1.165, 1.54) is 0 Å². The molecule has 0 unspecified atom stereocenters. The maximum Gasteiger partial charge on any atom is 0.186 e. The SMILES string of the molecule is Cc1cc(=O)c(CNCCNCC(C)C)c[nH]1. The van der Waals surface area contributed by atoms with Crippen molar-refractivity contribution in [1.29, 1.82) is 0 Å². The van der Waals surface area contributed by atoms with Crippen LogP contribution in [0.3, 0.4) is 0 Å². The molecular weight excluding hydrogens is 214 g/mol. The van der Waals surface area contributed by atoms with Gasteiger partial charge >= 0.3 is 0 Å². The lowest BCUT2D eigenvalue weighted by molar-refractivity contribution is 0.535. The standard InChI is InChI=1S/C13H23N3O/c1-10(2)7-14-4-5-15-8-12-9-16-11(3)6-13(12)17/h6,9-10,14-15H,4-5,7-8H2,1-3H3,(H,16,17). The van der Waals surface area contributed by atoms with Crippen LogP contribution in [0.25, 0.3) is 0 Å². The lowest BCUT2D eigenvalue weighted by Gasteiger charge is -2.08. The summed E-state index contributed by atoms with van der Waals surface area (Å²) in [5, 5.41) is 6.60. The van der Waals surface area contributed by atoms with Gasteiger partial charge in [-0.15, -0.1) is 0 Å². The molecule has 0 aliphatic heterocycles. The number of hydrogen-bond donors (Lipinski definition) is 3. The Hall–Kier alpha value is -1.13. The van der Waals surface area contributed by atoms with E-state index >= 15 is 0 Å². The van der Waals surface area contributed by atoms with Crippen LogP contribution in [0.15, 0.2) is 17.1 Å². The Morgan fingerprint density at radius 1 is 1.29 bits per heavy atom. The van der Waals surface area contributed by atoms with Gasteiger partial charge in [-0.2, -0.15) is 0 Å². The van der Waals surface area contributed by atoms with Crippen molar-refractivity contribution in [3.8, 4) is 0 Å². The van der Waals surface area contributed by atoms with Gasteiger partial charge in [-0.25, -0.2) is 0 Å². The smallest absolute Gasteiger partial charge is 0.186 e. The van der Waals surface area contributed by atoms with E-state index in [4.69, 9.17) is 0 Å². The number of nitrogens with one attached hydrogen (secondary N) is 3. The number of H-pyrrole nitrogens is 1. The van der Waals surface area contributed by atoms with Crippen molar-refractivity contribution < 1.29 is 0 Å². The summed E-state index contributed by atoms with van der Waals surface area (Å²) in [5.41, 5.74) is 1.79. The molecular formula is C13H23N3O. The highest BCUT2D eigenvalue weighted by atomic mass is 16.1. The van der Waals surface area contributed by atoms with Crippen molar-refractivity contribution in [3.63, 3.8) is 0 Å². The van der Waals surface area contributed by atoms with Crippen LogP contribution in [0.5, 0.6) is 0 Å². The van der Waals surface area contributed by atoms with Crippen molar-refractivity contribution >= 4 is 0 Å². The van der Waals surface area contributed by atoms with E-state index in [-0.39, 0.29) is 5.43 Å². The third-order valence-electron chi connectivity index (χ3n) is 2.48. The van der Waals surface area contributed by atoms with E-state index in [0.717, 1.165) is 30.9 Å². The summed E-state index contributed by atoms with van der Waals surface area (Å²) in [4.78, 5) is 14.6. The normalized spacial score (nSPS) is 11.1. The lowest BCUT2D eigenvalue weighted by Crippen LogP contribution is -2.30. The average Bonchev–Trinajstić information content (AvgIpc) is 2.25. The molecule has 0 aromatic carbocycles. The second-order valence-electron chi connectivity index (χ2n) is 4.78. The molecule has 0 aliphatic carbocycles. The van der Waals surface area contributed by atoms with Crippen LogP contribution in [0.2, 0.25) is 0 Å². The third kappa shape index (κ3) is 5.65. The first kappa shape index (κ1) is 13.9. The van der Waals surface area contributed by atoms with Crippen molar-refractivity contribution in [3.05, 3.63) is 33.7 Å². The van der Waals surface area contributed by atoms with Gasteiger partial charge in [0.25, 0.3) is 0 Å². The van der Waals surface area contributed by atoms with Gasteiger partial charge in [0.15, 0.2) is 5.43 Å². The Kier molecular flexibility index (Phi) is 5.94. The molecule has 96 valence electrons. The molecule has 0 spiro atoms. The third-order valence-corrected chi connectivity index (χ3v) is 2.48. The van der Waals surface area contributed by atoms with Crippen molar-refractivity contribution in [1.82, 2.24) is 15.6 Å². The Balaban J connectivity index is 2.20. The molecule has 0 saturated heterocycles. The molecule has 0 bridgehead atoms. The average molecular weight is 237 g/mol. The van der Waals surface area contributed by atoms with Crippen LogP contribution in [0, 0.1) is 12.8 Å². The zero-order valence-electron chi connectivity index (χ0n) is 11.0. The monoisotopic (exact) mass is 237 g/mol. The summed E-state index contributed by atoms with van der Waals surface area (Å²) in [6.45, 7) is 9.72. The first-order chi connectivity index (χ1) is 8.09. The second-order valence-corrected chi connectivity index (χ2v) is 4.78. The summed E-state index contributed by atoms with van der Waals surface area (Å²) < 4.78 is 0. The quantitative estimate of drug-likeness (QED) is 0.621. The van der Waals surface area contributed by atoms with Crippen LogP contribution in [0.1, 0.15) is 25.1 Å². The predicted octanol–water partition coefficient (Wildman–Crippen LogP) is 1.02. The number of hydrogen-bond acceptors (Lipinski definition) is 3. The zero-order valence-corrected chi connectivity index (χ0v) is 11.0. The van der Waals surface area contributed by atoms with Gasteiger partial charge < -0.3 is 15.6 Å². The lowest BCUT2D eigenvalue weighted by atomic mass is 10.2. The van der Waals surface area contributed by atoms with Crippen LogP contribution in [-0.2, 0) is 6.54 Å². The number of aryl methyl sites for hydroxylation is 1. The molecule has 1 rings (SSSR count). The van der Waals surface area contributed by atoms with E-state index in [1.54, 1.807) is 12.3 Å². The molecule has 0 saturated carbocycles. The van der Waals surface area contributed by atoms with Crippen LogP contribution in [0.4, 0.5) is 0 Å². The topological polar surface area (TPSA) is 56.9 Å². The van der Waals surface area contributed by atoms with Crippen molar-refractivity contribution in [2.75, 3.05) is 19.6 Å². The number of aromatic amines is 1. The maximum atomic E-state index is 11.6. The summed E-state index contributed by atoms with van der Waals surface area (Å²) in [6.07, 6.45) is 1.78. The number of rotatable bonds is 7. The molecule has 17 heavy (non-hydrogen) atoms. The molecule has 0 fully saturated rings. The van der Waals surface area contributed by atoms with E-state index in [9.17, 15) is 4.79 Å². The van der Waals surface area contributed by atoms with Gasteiger partial charge in [-0.05, 0) is 19.4 Å². The highest BCUT2D eigenvalue weighted by Gasteiger charge is 1.98. The van der Waals surface area contributed by atoms with Crippen molar-refractivity contribution in [2.45, 2.75) is 27.3 Å². The second kappa shape index (κ2) is 7.25. The Morgan fingerprint density at radius 2 is 2.00 bits per heavy atom. The molecule has 0 atom stereocenters. The summed E-state index contributed by atoms with van der Waals surface area (Å²) in [7, 11) is 0. The molecule has 1 aromatic heterocycles. The first-order valence-electron chi connectivity index (χ1n) is 6.19. The Morgan fingerprint density at radius 3 is 2.65 bits per heavy atom. The first-order valence-corrected chi connectivity index (χ1v) is 6.19. The highest BCUT2D eigenvalue weighted by Crippen LogP contribution is 1.91. The van der Waals surface area contributed by atoms with Gasteiger partial charge in [-0.3, -0.25) is 4.79 Å². The molecule has 0 aliphatic rings. The van der Waals surface area contributed by atoms with Crippen molar-refractivity contribution in [2.24, 2.45) is 5.92 Å². The van der Waals surface area contributed by atoms with Gasteiger partial charge in [0, 0.05) is 43.2 Å². The van der Waals surface area contributed by atoms with Gasteiger partial charge in [-0.1, -0.05) is 13.8 Å². The minimum atomic E-state index is 0.101. The van der Waals surface area contributed by atoms with E-state index in [1.807, 2.05) is 6.92 Å². The minimum Gasteiger partial charge on any atom is -0.365 e. The van der Waals surface area contributed by atoms with E-state index in [2.05, 4.69) is 29.5 Å². The van der Waals surface area contributed by atoms with Gasteiger partial charge in [0.1, 0.15) is 0 Å². The van der Waals surface area contributed by atoms with E-state index in [0.29, 0.717) is 12.5 Å². The molecule has 4 nitrogen and oxygen atoms in total. The zero-order chi connectivity index (χ0) is 12.7. The fourth-order valence-corrected chi connectivity index (χ4v) is 1.53. The summed E-state index contributed by atoms with van der Waals surface area (Å²) in [6, 6.07) is 1.63. The van der Waals surface area contributed by atoms with Crippen LogP contribution in [-0.4, -0.2) is 24.6 Å². The fraction of sp³-hybridized carbons (Fsp3) is 0.615. The highest BCUT2D eigenvalue weighted by molar-refractivity contribution is 5.13. The largest absolute Gasteiger partial charge is 0.365 e. The molecule has 1 heterocycles. The Bertz CT molecular complexity index is 384. The fourth-order valence-electron chi connectivity index (χ4n) is 1.53. The number of pyridine rings is 1. The van der Waals surface area contributed by atoms with Gasteiger partial charge in [0.05, 0.1) is 0 Å². The summed E-state index contributed by atoms with van der Waals surface area (Å²) >= 11 is 0.